The molecule has 1 heterocycles. The standard InChI is InChI=1S/C12H24N2/c1-9(2)7-14-8-11(5)13-6-12(14)10(3)4/h10-13H,1,6-8H2,2-5H3. The fourth-order valence-electron chi connectivity index (χ4n) is 2.19. The molecule has 0 aromatic heterocycles. The second-order valence-electron chi connectivity index (χ2n) is 5.01. The molecule has 2 nitrogen and oxygen atoms in total. The summed E-state index contributed by atoms with van der Waals surface area (Å²) >= 11 is 0. The Bertz CT molecular complexity index is 198. The van der Waals surface area contributed by atoms with E-state index in [1.165, 1.54) is 5.57 Å². The lowest BCUT2D eigenvalue weighted by atomic mass is 9.98. The highest BCUT2D eigenvalue weighted by molar-refractivity contribution is 4.97. The maximum Gasteiger partial charge on any atom is 0.0247 e. The monoisotopic (exact) mass is 196 g/mol. The smallest absolute Gasteiger partial charge is 0.0247 e. The number of rotatable bonds is 3. The minimum Gasteiger partial charge on any atom is -0.311 e. The Morgan fingerprint density at radius 1 is 1.57 bits per heavy atom. The van der Waals surface area contributed by atoms with E-state index in [9.17, 15) is 0 Å². The summed E-state index contributed by atoms with van der Waals surface area (Å²) in [6.07, 6.45) is 0. The Balaban J connectivity index is 2.58. The van der Waals surface area contributed by atoms with Gasteiger partial charge in [-0.2, -0.15) is 0 Å². The lowest BCUT2D eigenvalue weighted by molar-refractivity contribution is 0.113. The van der Waals surface area contributed by atoms with Crippen LogP contribution in [0.25, 0.3) is 0 Å². The van der Waals surface area contributed by atoms with Crippen molar-refractivity contribution in [1.29, 1.82) is 0 Å². The predicted octanol–water partition coefficient (Wildman–Crippen LogP) is 1.88. The first-order valence-corrected chi connectivity index (χ1v) is 5.62. The normalized spacial score (nSPS) is 29.5. The van der Waals surface area contributed by atoms with Crippen molar-refractivity contribution in [1.82, 2.24) is 10.2 Å². The number of hydrogen-bond donors (Lipinski definition) is 1. The topological polar surface area (TPSA) is 15.3 Å². The number of nitrogens with zero attached hydrogens (tertiary/aromatic N) is 1. The van der Waals surface area contributed by atoms with Crippen molar-refractivity contribution >= 4 is 0 Å². The number of hydrogen-bond acceptors (Lipinski definition) is 2. The zero-order valence-corrected chi connectivity index (χ0v) is 10.0. The zero-order chi connectivity index (χ0) is 10.7. The molecule has 14 heavy (non-hydrogen) atoms. The molecule has 2 unspecified atom stereocenters. The van der Waals surface area contributed by atoms with Crippen LogP contribution >= 0.6 is 0 Å². The van der Waals surface area contributed by atoms with Gasteiger partial charge in [0.05, 0.1) is 0 Å². The van der Waals surface area contributed by atoms with Crippen LogP contribution in [0.4, 0.5) is 0 Å². The van der Waals surface area contributed by atoms with Crippen LogP contribution < -0.4 is 5.32 Å². The van der Waals surface area contributed by atoms with Crippen molar-refractivity contribution in [2.75, 3.05) is 19.6 Å². The third kappa shape index (κ3) is 3.10. The maximum atomic E-state index is 4.01. The summed E-state index contributed by atoms with van der Waals surface area (Å²) in [5.74, 6) is 0.717. The molecule has 1 aliphatic rings. The lowest BCUT2D eigenvalue weighted by Crippen LogP contribution is -2.57. The molecule has 1 saturated heterocycles. The van der Waals surface area contributed by atoms with Gasteiger partial charge in [0, 0.05) is 31.7 Å². The molecule has 1 rings (SSSR count). The van der Waals surface area contributed by atoms with Gasteiger partial charge in [0.25, 0.3) is 0 Å². The molecule has 1 N–H and O–H groups in total. The first kappa shape index (κ1) is 11.7. The highest BCUT2D eigenvalue weighted by Gasteiger charge is 2.27. The van der Waals surface area contributed by atoms with E-state index in [2.05, 4.69) is 44.5 Å². The van der Waals surface area contributed by atoms with Crippen LogP contribution in [-0.4, -0.2) is 36.6 Å². The minimum atomic E-state index is 0.615. The summed E-state index contributed by atoms with van der Waals surface area (Å²) in [5, 5.41) is 3.55. The van der Waals surface area contributed by atoms with Crippen LogP contribution in [-0.2, 0) is 0 Å². The van der Waals surface area contributed by atoms with E-state index >= 15 is 0 Å². The van der Waals surface area contributed by atoms with Crippen LogP contribution in [0.15, 0.2) is 12.2 Å². The van der Waals surface area contributed by atoms with E-state index in [0.717, 1.165) is 19.6 Å². The quantitative estimate of drug-likeness (QED) is 0.693. The lowest BCUT2D eigenvalue weighted by Gasteiger charge is -2.41. The third-order valence-corrected chi connectivity index (χ3v) is 2.90. The van der Waals surface area contributed by atoms with Crippen molar-refractivity contribution in [3.05, 3.63) is 12.2 Å². The summed E-state index contributed by atoms with van der Waals surface area (Å²) in [7, 11) is 0. The van der Waals surface area contributed by atoms with E-state index in [-0.39, 0.29) is 0 Å². The largest absolute Gasteiger partial charge is 0.311 e. The van der Waals surface area contributed by atoms with Crippen LogP contribution in [0.1, 0.15) is 27.7 Å². The van der Waals surface area contributed by atoms with Gasteiger partial charge < -0.3 is 5.32 Å². The highest BCUT2D eigenvalue weighted by Crippen LogP contribution is 2.15. The van der Waals surface area contributed by atoms with Crippen LogP contribution in [0.5, 0.6) is 0 Å². The number of piperazine rings is 1. The molecule has 0 amide bonds. The molecule has 0 bridgehead atoms. The van der Waals surface area contributed by atoms with Crippen molar-refractivity contribution in [2.45, 2.75) is 39.8 Å². The van der Waals surface area contributed by atoms with Gasteiger partial charge in [0.1, 0.15) is 0 Å². The summed E-state index contributed by atoms with van der Waals surface area (Å²) in [5.41, 5.74) is 1.27. The summed E-state index contributed by atoms with van der Waals surface area (Å²) in [4.78, 5) is 2.56. The Hall–Kier alpha value is -0.340. The molecule has 1 aliphatic heterocycles. The average molecular weight is 196 g/mol. The van der Waals surface area contributed by atoms with E-state index in [0.29, 0.717) is 18.0 Å². The van der Waals surface area contributed by atoms with E-state index < -0.39 is 0 Å². The molecule has 2 heteroatoms. The molecule has 0 aromatic carbocycles. The first-order chi connectivity index (χ1) is 6.50. The fraction of sp³-hybridized carbons (Fsp3) is 0.833. The Labute approximate surface area is 88.4 Å². The van der Waals surface area contributed by atoms with Crippen molar-refractivity contribution in [3.63, 3.8) is 0 Å². The fourth-order valence-corrected chi connectivity index (χ4v) is 2.19. The van der Waals surface area contributed by atoms with E-state index in [4.69, 9.17) is 0 Å². The summed E-state index contributed by atoms with van der Waals surface area (Å²) in [6.45, 7) is 16.3. The van der Waals surface area contributed by atoms with E-state index in [1.807, 2.05) is 0 Å². The van der Waals surface area contributed by atoms with Crippen LogP contribution in [0, 0.1) is 5.92 Å². The number of nitrogens with one attached hydrogen (secondary N) is 1. The molecule has 0 aliphatic carbocycles. The molecule has 82 valence electrons. The van der Waals surface area contributed by atoms with Gasteiger partial charge in [-0.05, 0) is 19.8 Å². The molecule has 0 spiro atoms. The zero-order valence-electron chi connectivity index (χ0n) is 10.0. The Morgan fingerprint density at radius 3 is 2.71 bits per heavy atom. The molecular formula is C12H24N2. The molecule has 0 aromatic rings. The highest BCUT2D eigenvalue weighted by atomic mass is 15.2. The molecular weight excluding hydrogens is 172 g/mol. The average Bonchev–Trinajstić information content (AvgIpc) is 2.01. The second-order valence-corrected chi connectivity index (χ2v) is 5.01. The molecule has 0 radical (unpaired) electrons. The Morgan fingerprint density at radius 2 is 2.21 bits per heavy atom. The van der Waals surface area contributed by atoms with E-state index in [1.54, 1.807) is 0 Å². The van der Waals surface area contributed by atoms with Gasteiger partial charge in [-0.15, -0.1) is 0 Å². The second kappa shape index (κ2) is 4.94. The van der Waals surface area contributed by atoms with Crippen LogP contribution in [0.3, 0.4) is 0 Å². The predicted molar refractivity (Wildman–Crippen MR) is 62.5 cm³/mol. The van der Waals surface area contributed by atoms with Gasteiger partial charge in [0.15, 0.2) is 0 Å². The molecule has 1 fully saturated rings. The SMILES string of the molecule is C=C(C)CN1CC(C)NCC1C(C)C. The van der Waals surface area contributed by atoms with Crippen molar-refractivity contribution < 1.29 is 0 Å². The summed E-state index contributed by atoms with van der Waals surface area (Å²) in [6, 6.07) is 1.28. The maximum absolute atomic E-state index is 4.01. The van der Waals surface area contributed by atoms with Crippen LogP contribution in [0.2, 0.25) is 0 Å². The van der Waals surface area contributed by atoms with Gasteiger partial charge in [-0.25, -0.2) is 0 Å². The van der Waals surface area contributed by atoms with Crippen molar-refractivity contribution in [3.8, 4) is 0 Å². The first-order valence-electron chi connectivity index (χ1n) is 5.62. The van der Waals surface area contributed by atoms with Crippen molar-refractivity contribution in [2.24, 2.45) is 5.92 Å². The van der Waals surface area contributed by atoms with Gasteiger partial charge in [-0.3, -0.25) is 4.90 Å². The van der Waals surface area contributed by atoms with Gasteiger partial charge >= 0.3 is 0 Å². The third-order valence-electron chi connectivity index (χ3n) is 2.90. The minimum absolute atomic E-state index is 0.615. The van der Waals surface area contributed by atoms with Gasteiger partial charge in [-0.1, -0.05) is 26.0 Å². The van der Waals surface area contributed by atoms with Gasteiger partial charge in [0.2, 0.25) is 0 Å². The Kier molecular flexibility index (Phi) is 4.14. The summed E-state index contributed by atoms with van der Waals surface area (Å²) < 4.78 is 0. The molecule has 0 saturated carbocycles. The molecule has 2 atom stereocenters.